The highest BCUT2D eigenvalue weighted by Gasteiger charge is 2.15. The van der Waals surface area contributed by atoms with E-state index in [1.54, 1.807) is 0 Å². The largest absolute Gasteiger partial charge is 0.348 e. The van der Waals surface area contributed by atoms with Gasteiger partial charge in [-0.25, -0.2) is 0 Å². The third kappa shape index (κ3) is 6.46. The first kappa shape index (κ1) is 21.0. The molecular formula is C18H32N6S2. The van der Waals surface area contributed by atoms with Gasteiger partial charge in [0.2, 0.25) is 0 Å². The summed E-state index contributed by atoms with van der Waals surface area (Å²) in [5.74, 6) is 0. The summed E-state index contributed by atoms with van der Waals surface area (Å²) in [5, 5.41) is 10.5. The van der Waals surface area contributed by atoms with Crippen LogP contribution in [0.3, 0.4) is 0 Å². The van der Waals surface area contributed by atoms with Crippen LogP contribution >= 0.6 is 24.4 Å². The van der Waals surface area contributed by atoms with E-state index < -0.39 is 0 Å². The maximum absolute atomic E-state index is 5.48. The lowest BCUT2D eigenvalue weighted by Gasteiger charge is -2.28. The molecule has 2 fully saturated rings. The van der Waals surface area contributed by atoms with Gasteiger partial charge in [-0.15, -0.1) is 0 Å². The summed E-state index contributed by atoms with van der Waals surface area (Å²) in [6, 6.07) is 0. The zero-order valence-corrected chi connectivity index (χ0v) is 17.7. The Morgan fingerprint density at radius 1 is 0.692 bits per heavy atom. The van der Waals surface area contributed by atoms with E-state index in [0.29, 0.717) is 10.2 Å². The van der Waals surface area contributed by atoms with Crippen molar-refractivity contribution in [3.05, 3.63) is 0 Å². The first-order chi connectivity index (χ1) is 12.7. The first-order valence-electron chi connectivity index (χ1n) is 9.89. The van der Waals surface area contributed by atoms with Gasteiger partial charge in [-0.05, 0) is 75.8 Å². The quantitative estimate of drug-likeness (QED) is 0.423. The van der Waals surface area contributed by atoms with Crippen LogP contribution in [-0.2, 0) is 0 Å². The molecule has 0 amide bonds. The third-order valence-corrected chi connectivity index (χ3v) is 5.56. The second-order valence-electron chi connectivity index (χ2n) is 6.75. The van der Waals surface area contributed by atoms with Crippen LogP contribution in [0.25, 0.3) is 0 Å². The van der Waals surface area contributed by atoms with Gasteiger partial charge in [0.05, 0.1) is 11.4 Å². The summed E-state index contributed by atoms with van der Waals surface area (Å²) in [7, 11) is 0. The van der Waals surface area contributed by atoms with Crippen molar-refractivity contribution in [2.75, 3.05) is 26.2 Å². The maximum atomic E-state index is 5.48. The second kappa shape index (κ2) is 11.4. The van der Waals surface area contributed by atoms with Gasteiger partial charge in [0.1, 0.15) is 0 Å². The fourth-order valence-electron chi connectivity index (χ4n) is 3.26. The van der Waals surface area contributed by atoms with E-state index in [9.17, 15) is 0 Å². The molecule has 0 bridgehead atoms. The van der Waals surface area contributed by atoms with Crippen molar-refractivity contribution >= 4 is 46.1 Å². The van der Waals surface area contributed by atoms with Gasteiger partial charge < -0.3 is 9.80 Å². The Morgan fingerprint density at radius 3 is 1.35 bits per heavy atom. The van der Waals surface area contributed by atoms with Crippen LogP contribution in [0.15, 0.2) is 10.2 Å². The molecular weight excluding hydrogens is 364 g/mol. The molecule has 8 heteroatoms. The van der Waals surface area contributed by atoms with Crippen molar-refractivity contribution in [1.82, 2.24) is 20.7 Å². The van der Waals surface area contributed by atoms with Crippen molar-refractivity contribution in [3.8, 4) is 0 Å². The lowest BCUT2D eigenvalue weighted by Crippen LogP contribution is -2.42. The van der Waals surface area contributed by atoms with Gasteiger partial charge in [0.25, 0.3) is 0 Å². The first-order valence-corrected chi connectivity index (χ1v) is 10.7. The number of piperidine rings is 2. The van der Waals surface area contributed by atoms with Crippen molar-refractivity contribution in [2.24, 2.45) is 10.2 Å². The van der Waals surface area contributed by atoms with Crippen molar-refractivity contribution < 1.29 is 0 Å². The van der Waals surface area contributed by atoms with Crippen LogP contribution in [0, 0.1) is 0 Å². The number of nitrogens with one attached hydrogen (secondary N) is 2. The summed E-state index contributed by atoms with van der Waals surface area (Å²) < 4.78 is 0. The number of hydrogen-bond donors (Lipinski definition) is 2. The second-order valence-corrected chi connectivity index (χ2v) is 7.53. The molecule has 2 rings (SSSR count). The molecule has 2 saturated heterocycles. The number of hydrogen-bond acceptors (Lipinski definition) is 4. The van der Waals surface area contributed by atoms with Crippen LogP contribution in [0.1, 0.15) is 65.2 Å². The van der Waals surface area contributed by atoms with Gasteiger partial charge in [0, 0.05) is 26.2 Å². The SMILES string of the molecule is CCC(=N\NC(=S)N1CCCCC1)/C(CC)=N/NC(=S)N1CCCCC1. The third-order valence-electron chi connectivity index (χ3n) is 4.86. The zero-order chi connectivity index (χ0) is 18.8. The molecule has 0 aliphatic carbocycles. The summed E-state index contributed by atoms with van der Waals surface area (Å²) in [6.07, 6.45) is 8.96. The molecule has 146 valence electrons. The average molecular weight is 397 g/mol. The Labute approximate surface area is 168 Å². The monoisotopic (exact) mass is 396 g/mol. The minimum atomic E-state index is 0.711. The molecule has 2 heterocycles. The van der Waals surface area contributed by atoms with Crippen LogP contribution in [-0.4, -0.2) is 57.6 Å². The summed E-state index contributed by atoms with van der Waals surface area (Å²) in [4.78, 5) is 4.39. The van der Waals surface area contributed by atoms with Crippen LogP contribution in [0.5, 0.6) is 0 Å². The summed E-state index contributed by atoms with van der Waals surface area (Å²) in [5.41, 5.74) is 7.96. The van der Waals surface area contributed by atoms with Gasteiger partial charge in [-0.3, -0.25) is 10.9 Å². The highest BCUT2D eigenvalue weighted by molar-refractivity contribution is 7.80. The van der Waals surface area contributed by atoms with E-state index in [0.717, 1.165) is 50.4 Å². The Hall–Kier alpha value is -1.28. The van der Waals surface area contributed by atoms with Crippen molar-refractivity contribution in [3.63, 3.8) is 0 Å². The highest BCUT2D eigenvalue weighted by atomic mass is 32.1. The fraction of sp³-hybridized carbons (Fsp3) is 0.778. The van der Waals surface area contributed by atoms with Gasteiger partial charge in [0.15, 0.2) is 10.2 Å². The van der Waals surface area contributed by atoms with E-state index in [4.69, 9.17) is 24.4 Å². The minimum absolute atomic E-state index is 0.711. The topological polar surface area (TPSA) is 55.3 Å². The lowest BCUT2D eigenvalue weighted by molar-refractivity contribution is 0.338. The smallest absolute Gasteiger partial charge is 0.189 e. The summed E-state index contributed by atoms with van der Waals surface area (Å²) >= 11 is 11.0. The molecule has 0 aromatic carbocycles. The minimum Gasteiger partial charge on any atom is -0.348 e. The molecule has 0 unspecified atom stereocenters. The summed E-state index contributed by atoms with van der Waals surface area (Å²) in [6.45, 7) is 8.23. The van der Waals surface area contributed by atoms with E-state index in [1.165, 1.54) is 38.5 Å². The number of rotatable bonds is 5. The molecule has 2 aliphatic heterocycles. The molecule has 26 heavy (non-hydrogen) atoms. The predicted octanol–water partition coefficient (Wildman–Crippen LogP) is 3.24. The Bertz CT molecular complexity index is 486. The molecule has 2 aliphatic rings. The molecule has 0 saturated carbocycles. The van der Waals surface area contributed by atoms with Crippen LogP contribution in [0.4, 0.5) is 0 Å². The Balaban J connectivity index is 1.92. The number of hydrazone groups is 2. The normalized spacial score (nSPS) is 19.3. The molecule has 0 atom stereocenters. The molecule has 6 nitrogen and oxygen atoms in total. The Morgan fingerprint density at radius 2 is 1.04 bits per heavy atom. The van der Waals surface area contributed by atoms with Crippen molar-refractivity contribution in [1.29, 1.82) is 0 Å². The number of likely N-dealkylation sites (tertiary alicyclic amines) is 2. The predicted molar refractivity (Wildman–Crippen MR) is 118 cm³/mol. The van der Waals surface area contributed by atoms with Gasteiger partial charge in [-0.1, -0.05) is 13.8 Å². The van der Waals surface area contributed by atoms with E-state index in [-0.39, 0.29) is 0 Å². The Kier molecular flexibility index (Phi) is 9.25. The number of thiocarbonyl (C=S) groups is 2. The highest BCUT2D eigenvalue weighted by Crippen LogP contribution is 2.09. The zero-order valence-electron chi connectivity index (χ0n) is 16.1. The number of nitrogens with zero attached hydrogens (tertiary/aromatic N) is 4. The molecule has 0 radical (unpaired) electrons. The molecule has 0 spiro atoms. The standard InChI is InChI=1S/C18H32N6S2/c1-3-15(19-21-17(25)23-11-7-5-8-12-23)16(4-2)20-22-18(26)24-13-9-6-10-14-24/h3-14H2,1-2H3,(H,21,25)(H,22,26)/b19-15+,20-16+. The average Bonchev–Trinajstić information content (AvgIpc) is 2.71. The fourth-order valence-corrected chi connectivity index (χ4v) is 3.72. The molecule has 0 aromatic heterocycles. The van der Waals surface area contributed by atoms with Crippen molar-refractivity contribution in [2.45, 2.75) is 65.2 Å². The van der Waals surface area contributed by atoms with E-state index in [2.05, 4.69) is 44.7 Å². The van der Waals surface area contributed by atoms with Gasteiger partial charge >= 0.3 is 0 Å². The molecule has 0 aromatic rings. The maximum Gasteiger partial charge on any atom is 0.189 e. The van der Waals surface area contributed by atoms with Gasteiger partial charge in [-0.2, -0.15) is 10.2 Å². The van der Waals surface area contributed by atoms with E-state index >= 15 is 0 Å². The molecule has 2 N–H and O–H groups in total. The van der Waals surface area contributed by atoms with Crippen LogP contribution in [0.2, 0.25) is 0 Å². The van der Waals surface area contributed by atoms with Crippen LogP contribution < -0.4 is 10.9 Å². The van der Waals surface area contributed by atoms with E-state index in [1.807, 2.05) is 0 Å². The lowest BCUT2D eigenvalue weighted by atomic mass is 10.1.